The number of esters is 3. The van der Waals surface area contributed by atoms with Gasteiger partial charge in [0.15, 0.2) is 18.3 Å². The van der Waals surface area contributed by atoms with Gasteiger partial charge < -0.3 is 54.4 Å². The summed E-state index contributed by atoms with van der Waals surface area (Å²) in [6.07, 6.45) is -0.496. The molecule has 3 aromatic rings. The number of fused-ring (bicyclic) bond motifs is 6. The van der Waals surface area contributed by atoms with Crippen LogP contribution in [0.5, 0.6) is 5.75 Å². The van der Waals surface area contributed by atoms with E-state index in [1.54, 1.807) is 0 Å². The number of nitrogens with one attached hydrogen (secondary N) is 1. The largest absolute Gasteiger partial charge is 0.496 e. The zero-order chi connectivity index (χ0) is 50.3. The molecule has 374 valence electrons. The third-order valence-corrected chi connectivity index (χ3v) is 16.1. The monoisotopic (exact) mass is 966 g/mol. The molecule has 18 nitrogen and oxygen atoms in total. The lowest BCUT2D eigenvalue weighted by Crippen LogP contribution is -2.81. The molecule has 1 aliphatic carbocycles. The Labute approximate surface area is 396 Å². The molecule has 0 amide bonds. The van der Waals surface area contributed by atoms with E-state index in [1.165, 1.54) is 28.3 Å². The fraction of sp³-hybridized carbons (Fsp3) is 0.571. The number of piperidine rings is 1. The number of aliphatic hydroxyl groups excluding tert-OH is 2. The minimum Gasteiger partial charge on any atom is -0.496 e. The number of carboxylic acid groups (broad SMARTS) is 2. The fourth-order valence-corrected chi connectivity index (χ4v) is 13.5. The number of nitrogens with zero attached hydrogens (tertiary/aromatic N) is 3. The van der Waals surface area contributed by atoms with Crippen molar-refractivity contribution in [1.29, 1.82) is 0 Å². The van der Waals surface area contributed by atoms with E-state index in [0.29, 0.717) is 61.7 Å². The Morgan fingerprint density at radius 3 is 2.22 bits per heavy atom. The number of ether oxygens (including phenoxy) is 4. The van der Waals surface area contributed by atoms with Crippen LogP contribution in [0.25, 0.3) is 10.9 Å². The highest BCUT2D eigenvalue weighted by molar-refractivity contribution is 5.95. The van der Waals surface area contributed by atoms with E-state index in [4.69, 9.17) is 39.4 Å². The number of likely N-dealkylation sites (N-methyl/N-ethyl adjacent to an activating group) is 1. The van der Waals surface area contributed by atoms with Crippen LogP contribution >= 0.6 is 0 Å². The standard InChI is InChI=1S/C45H54F2N4O8.C4H6O6/c1-8-42-14-11-16-51-17-15-43(36(42)51)30-19-31(34(56-5)20-33(30)49(4)37(43)45(55,40(54)58-7)38(42)59-25(2)52)44(39(53)57-6)21-26-18-27(41(3,46)47)23-50(22-26)24-29-28-12-9-10-13-32(28)48-35(29)44;5-1(3(7)8)2(6)4(9)10/h9-14,19-20,26-27,36-38,48,55H,8,15-18,21-24H2,1-7H3;1-2,5-6H,(H,7,8)(H,9,10)/t26-,27-,36+,37-,38-,42-,43-,44+,45+;/m1./s1. The number of benzene rings is 2. The summed E-state index contributed by atoms with van der Waals surface area (Å²) >= 11 is 0. The molecule has 1 spiro atoms. The smallest absolute Gasteiger partial charge is 0.344 e. The number of aliphatic hydroxyl groups is 3. The molecule has 69 heavy (non-hydrogen) atoms. The molecule has 12 atom stereocenters. The number of halogens is 2. The first-order valence-corrected chi connectivity index (χ1v) is 23.0. The highest BCUT2D eigenvalue weighted by Crippen LogP contribution is 2.68. The summed E-state index contributed by atoms with van der Waals surface area (Å²) in [4.78, 5) is 72.0. The molecule has 6 aliphatic rings. The summed E-state index contributed by atoms with van der Waals surface area (Å²) in [7, 11) is 5.94. The molecule has 1 aromatic heterocycles. The third-order valence-electron chi connectivity index (χ3n) is 16.1. The van der Waals surface area contributed by atoms with Crippen LogP contribution in [0.1, 0.15) is 68.8 Å². The fourth-order valence-electron chi connectivity index (χ4n) is 13.5. The van der Waals surface area contributed by atoms with Gasteiger partial charge in [-0.3, -0.25) is 19.4 Å². The molecule has 3 unspecified atom stereocenters. The summed E-state index contributed by atoms with van der Waals surface area (Å²) in [5.41, 5.74) is -1.64. The number of aromatic amines is 1. The van der Waals surface area contributed by atoms with Crippen molar-refractivity contribution in [3.63, 3.8) is 0 Å². The SMILES string of the molecule is CC[C@]12C=CCN3CC[C@@]4(c5cc([C@@]6(C(=O)OC)C[C@H]7C[C@@H](C(C)(F)F)CN(Cc8c6[nH]c6ccccc86)C7)c(OC)cc5N(C)[C@H]4[C@@](O)(C(=O)OC)[C@@H]1OC(C)=O)[C@@H]32.O=C(O)C(O)C(O)C(=O)O. The predicted molar refractivity (Wildman–Crippen MR) is 242 cm³/mol. The topological polar surface area (TPSA) is 249 Å². The van der Waals surface area contributed by atoms with Crippen LogP contribution in [-0.4, -0.2) is 167 Å². The molecular formula is C49H60F2N4O14. The Bertz CT molecular complexity index is 2580. The molecule has 20 heteroatoms. The number of aliphatic carboxylic acids is 2. The van der Waals surface area contributed by atoms with Crippen LogP contribution in [-0.2, 0) is 55.6 Å². The highest BCUT2D eigenvalue weighted by Gasteiger charge is 2.80. The number of aromatic nitrogens is 1. The first kappa shape index (κ1) is 49.7. The van der Waals surface area contributed by atoms with Crippen molar-refractivity contribution in [1.82, 2.24) is 14.8 Å². The maximum Gasteiger partial charge on any atom is 0.344 e. The van der Waals surface area contributed by atoms with E-state index >= 15 is 13.6 Å². The van der Waals surface area contributed by atoms with Crippen LogP contribution in [0.3, 0.4) is 0 Å². The molecule has 6 N–H and O–H groups in total. The van der Waals surface area contributed by atoms with Crippen molar-refractivity contribution in [2.75, 3.05) is 59.5 Å². The molecule has 3 fully saturated rings. The second kappa shape index (κ2) is 17.6. The highest BCUT2D eigenvalue weighted by atomic mass is 19.3. The van der Waals surface area contributed by atoms with Crippen LogP contribution in [0.15, 0.2) is 48.6 Å². The Morgan fingerprint density at radius 1 is 0.957 bits per heavy atom. The predicted octanol–water partition coefficient (Wildman–Crippen LogP) is 2.96. The second-order valence-corrected chi connectivity index (χ2v) is 19.6. The average molecular weight is 967 g/mol. The van der Waals surface area contributed by atoms with Crippen molar-refractivity contribution in [2.45, 2.75) is 106 Å². The molecule has 9 rings (SSSR count). The number of hydrogen-bond donors (Lipinski definition) is 6. The number of carboxylic acids is 2. The van der Waals surface area contributed by atoms with Gasteiger partial charge in [0, 0.05) is 96.9 Å². The maximum absolute atomic E-state index is 15.3. The van der Waals surface area contributed by atoms with Gasteiger partial charge in [-0.1, -0.05) is 37.3 Å². The summed E-state index contributed by atoms with van der Waals surface area (Å²) < 4.78 is 54.3. The quantitative estimate of drug-likeness (QED) is 0.0971. The molecule has 2 saturated heterocycles. The van der Waals surface area contributed by atoms with Crippen LogP contribution in [0.2, 0.25) is 0 Å². The number of H-pyrrole nitrogens is 1. The lowest BCUT2D eigenvalue weighted by Gasteiger charge is -2.63. The van der Waals surface area contributed by atoms with E-state index in [1.807, 2.05) is 67.4 Å². The van der Waals surface area contributed by atoms with Gasteiger partial charge in [0.1, 0.15) is 11.2 Å². The Balaban J connectivity index is 0.000000579. The minimum absolute atomic E-state index is 0.155. The minimum atomic E-state index is -2.94. The number of anilines is 1. The van der Waals surface area contributed by atoms with E-state index in [2.05, 4.69) is 14.8 Å². The maximum atomic E-state index is 15.3. The van der Waals surface area contributed by atoms with Crippen LogP contribution in [0.4, 0.5) is 14.5 Å². The van der Waals surface area contributed by atoms with Gasteiger partial charge in [0.05, 0.1) is 27.4 Å². The van der Waals surface area contributed by atoms with Crippen molar-refractivity contribution in [3.8, 4) is 5.75 Å². The third kappa shape index (κ3) is 7.30. The van der Waals surface area contributed by atoms with Gasteiger partial charge in [-0.05, 0) is 68.3 Å². The number of carbonyl (C=O) groups is 5. The first-order valence-electron chi connectivity index (χ1n) is 23.0. The normalized spacial score (nSPS) is 32.9. The van der Waals surface area contributed by atoms with Gasteiger partial charge in [-0.2, -0.15) is 0 Å². The van der Waals surface area contributed by atoms with E-state index in [9.17, 15) is 24.3 Å². The van der Waals surface area contributed by atoms with Gasteiger partial charge in [-0.15, -0.1) is 0 Å². The van der Waals surface area contributed by atoms with Crippen molar-refractivity contribution in [3.05, 3.63) is 70.9 Å². The number of rotatable bonds is 10. The van der Waals surface area contributed by atoms with E-state index < -0.39 is 87.9 Å². The molecule has 1 saturated carbocycles. The Kier molecular flexibility index (Phi) is 12.7. The van der Waals surface area contributed by atoms with Gasteiger partial charge in [0.25, 0.3) is 0 Å². The molecule has 2 aromatic carbocycles. The van der Waals surface area contributed by atoms with Crippen LogP contribution in [0, 0.1) is 17.3 Å². The van der Waals surface area contributed by atoms with Crippen molar-refractivity contribution in [2.24, 2.45) is 17.3 Å². The number of para-hydroxylation sites is 1. The van der Waals surface area contributed by atoms with Gasteiger partial charge >= 0.3 is 29.8 Å². The number of alkyl halides is 2. The van der Waals surface area contributed by atoms with E-state index in [-0.39, 0.29) is 31.3 Å². The Hall–Kier alpha value is -5.67. The number of hydrogen-bond acceptors (Lipinski definition) is 15. The number of methoxy groups -OCH3 is 3. The second-order valence-electron chi connectivity index (χ2n) is 19.6. The lowest BCUT2D eigenvalue weighted by molar-refractivity contribution is -0.228. The zero-order valence-corrected chi connectivity index (χ0v) is 39.5. The molecule has 0 radical (unpaired) electrons. The summed E-state index contributed by atoms with van der Waals surface area (Å²) in [5, 5.41) is 46.7. The summed E-state index contributed by atoms with van der Waals surface area (Å²) in [6.45, 7) is 6.55. The van der Waals surface area contributed by atoms with E-state index in [0.717, 1.165) is 29.0 Å². The zero-order valence-electron chi connectivity index (χ0n) is 39.5. The summed E-state index contributed by atoms with van der Waals surface area (Å²) in [6, 6.07) is 10.3. The molecular weight excluding hydrogens is 907 g/mol. The summed E-state index contributed by atoms with van der Waals surface area (Å²) in [5.74, 6) is -9.46. The van der Waals surface area contributed by atoms with Crippen molar-refractivity contribution < 1.29 is 77.2 Å². The first-order chi connectivity index (χ1) is 32.5. The van der Waals surface area contributed by atoms with Gasteiger partial charge in [0.2, 0.25) is 11.5 Å². The van der Waals surface area contributed by atoms with Crippen LogP contribution < -0.4 is 9.64 Å². The molecule has 6 heterocycles. The van der Waals surface area contributed by atoms with Gasteiger partial charge in [-0.25, -0.2) is 23.2 Å². The van der Waals surface area contributed by atoms with Crippen molar-refractivity contribution >= 4 is 46.4 Å². The average Bonchev–Trinajstić information content (AvgIpc) is 3.97. The Morgan fingerprint density at radius 2 is 1.62 bits per heavy atom. The molecule has 2 bridgehead atoms. The molecule has 5 aliphatic heterocycles. The number of carbonyl (C=O) groups excluding carboxylic acids is 3. The lowest BCUT2D eigenvalue weighted by atomic mass is 9.47.